The molecule has 78 valence electrons. The van der Waals surface area contributed by atoms with Gasteiger partial charge in [0.2, 0.25) is 0 Å². The minimum atomic E-state index is 0.765. The highest BCUT2D eigenvalue weighted by atomic mass is 16.5. The van der Waals surface area contributed by atoms with Gasteiger partial charge in [-0.05, 0) is 23.8 Å². The molecule has 1 aromatic heterocycles. The van der Waals surface area contributed by atoms with Crippen LogP contribution in [0, 0.1) is 0 Å². The third-order valence-corrected chi connectivity index (χ3v) is 2.47. The molecule has 0 aliphatic carbocycles. The maximum atomic E-state index is 5.77. The summed E-state index contributed by atoms with van der Waals surface area (Å²) in [5.74, 6) is 1.63. The number of methoxy groups -OCH3 is 1. The fourth-order valence-corrected chi connectivity index (χ4v) is 1.52. The van der Waals surface area contributed by atoms with Gasteiger partial charge in [0.15, 0.2) is 0 Å². The van der Waals surface area contributed by atoms with Crippen LogP contribution < -0.4 is 10.5 Å². The van der Waals surface area contributed by atoms with Gasteiger partial charge >= 0.3 is 0 Å². The summed E-state index contributed by atoms with van der Waals surface area (Å²) in [7, 11) is 3.60. The maximum absolute atomic E-state index is 5.77. The molecule has 0 fully saturated rings. The molecule has 3 nitrogen and oxygen atoms in total. The van der Waals surface area contributed by atoms with Crippen molar-refractivity contribution in [2.75, 3.05) is 12.8 Å². The molecule has 0 amide bonds. The zero-order chi connectivity index (χ0) is 10.8. The maximum Gasteiger partial charge on any atom is 0.118 e. The van der Waals surface area contributed by atoms with Crippen LogP contribution >= 0.6 is 0 Å². The van der Waals surface area contributed by atoms with Crippen molar-refractivity contribution in [2.24, 2.45) is 7.05 Å². The molecule has 2 aromatic rings. The van der Waals surface area contributed by atoms with Crippen LogP contribution in [-0.2, 0) is 7.05 Å². The summed E-state index contributed by atoms with van der Waals surface area (Å²) in [5.41, 5.74) is 8.04. The molecular weight excluding hydrogens is 188 g/mol. The van der Waals surface area contributed by atoms with E-state index in [1.165, 1.54) is 0 Å². The zero-order valence-corrected chi connectivity index (χ0v) is 8.90. The first-order valence-electron chi connectivity index (χ1n) is 4.77. The van der Waals surface area contributed by atoms with Crippen LogP contribution in [-0.4, -0.2) is 11.7 Å². The second kappa shape index (κ2) is 3.69. The first-order valence-corrected chi connectivity index (χ1v) is 4.77. The van der Waals surface area contributed by atoms with Gasteiger partial charge in [-0.15, -0.1) is 0 Å². The summed E-state index contributed by atoms with van der Waals surface area (Å²) in [5, 5.41) is 0. The Hall–Kier alpha value is -1.90. The second-order valence-corrected chi connectivity index (χ2v) is 3.49. The van der Waals surface area contributed by atoms with Crippen molar-refractivity contribution in [2.45, 2.75) is 0 Å². The summed E-state index contributed by atoms with van der Waals surface area (Å²) in [6.07, 6.45) is 2.01. The fraction of sp³-hybridized carbons (Fsp3) is 0.167. The van der Waals surface area contributed by atoms with Gasteiger partial charge in [0, 0.05) is 18.8 Å². The Bertz CT molecular complexity index is 437. The third kappa shape index (κ3) is 1.81. The molecule has 0 spiro atoms. The standard InChI is InChI=1S/C12H14N2O/c1-14-8-10(7-12(14)13)9-3-5-11(15-2)6-4-9/h3-8H,13H2,1-2H3. The van der Waals surface area contributed by atoms with Gasteiger partial charge in [-0.3, -0.25) is 0 Å². The Morgan fingerprint density at radius 2 is 1.80 bits per heavy atom. The van der Waals surface area contributed by atoms with Crippen molar-refractivity contribution in [3.8, 4) is 16.9 Å². The summed E-state index contributed by atoms with van der Waals surface area (Å²) in [4.78, 5) is 0. The number of aromatic nitrogens is 1. The number of nitrogens with zero attached hydrogens (tertiary/aromatic N) is 1. The molecule has 3 heteroatoms. The average molecular weight is 202 g/mol. The minimum absolute atomic E-state index is 0.765. The van der Waals surface area contributed by atoms with Gasteiger partial charge in [-0.25, -0.2) is 0 Å². The number of nitrogen functional groups attached to an aromatic ring is 1. The van der Waals surface area contributed by atoms with Crippen LogP contribution in [0.1, 0.15) is 0 Å². The zero-order valence-electron chi connectivity index (χ0n) is 8.90. The lowest BCUT2D eigenvalue weighted by Gasteiger charge is -2.00. The Morgan fingerprint density at radius 1 is 1.13 bits per heavy atom. The first-order chi connectivity index (χ1) is 7.20. The van der Waals surface area contributed by atoms with Crippen molar-refractivity contribution in [3.05, 3.63) is 36.5 Å². The topological polar surface area (TPSA) is 40.2 Å². The van der Waals surface area contributed by atoms with Crippen molar-refractivity contribution in [1.82, 2.24) is 4.57 Å². The van der Waals surface area contributed by atoms with Gasteiger partial charge in [0.1, 0.15) is 11.6 Å². The molecule has 0 aliphatic heterocycles. The first kappa shape index (κ1) is 9.65. The molecular formula is C12H14N2O. The Kier molecular flexibility index (Phi) is 2.37. The average Bonchev–Trinajstić information content (AvgIpc) is 2.59. The van der Waals surface area contributed by atoms with Crippen LogP contribution in [0.2, 0.25) is 0 Å². The van der Waals surface area contributed by atoms with Crippen LogP contribution in [0.15, 0.2) is 36.5 Å². The van der Waals surface area contributed by atoms with Crippen LogP contribution in [0.25, 0.3) is 11.1 Å². The van der Waals surface area contributed by atoms with Crippen molar-refractivity contribution in [1.29, 1.82) is 0 Å². The molecule has 1 aromatic carbocycles. The lowest BCUT2D eigenvalue weighted by Crippen LogP contribution is -1.92. The molecule has 0 bridgehead atoms. The summed E-state index contributed by atoms with van der Waals surface area (Å²) >= 11 is 0. The Morgan fingerprint density at radius 3 is 2.27 bits per heavy atom. The number of nitrogens with two attached hydrogens (primary N) is 1. The molecule has 0 atom stereocenters. The molecule has 0 aliphatic rings. The summed E-state index contributed by atoms with van der Waals surface area (Å²) < 4.78 is 7.01. The molecule has 1 heterocycles. The number of aryl methyl sites for hydroxylation is 1. The van der Waals surface area contributed by atoms with E-state index in [1.807, 2.05) is 48.1 Å². The van der Waals surface area contributed by atoms with E-state index < -0.39 is 0 Å². The minimum Gasteiger partial charge on any atom is -0.497 e. The normalized spacial score (nSPS) is 10.3. The van der Waals surface area contributed by atoms with Gasteiger partial charge in [-0.2, -0.15) is 0 Å². The third-order valence-electron chi connectivity index (χ3n) is 2.47. The van der Waals surface area contributed by atoms with Crippen molar-refractivity contribution < 1.29 is 4.74 Å². The Balaban J connectivity index is 2.37. The highest BCUT2D eigenvalue weighted by molar-refractivity contribution is 5.67. The highest BCUT2D eigenvalue weighted by Gasteiger charge is 2.02. The number of rotatable bonds is 2. The van der Waals surface area contributed by atoms with E-state index >= 15 is 0 Å². The smallest absolute Gasteiger partial charge is 0.118 e. The van der Waals surface area contributed by atoms with E-state index in [4.69, 9.17) is 10.5 Å². The predicted octanol–water partition coefficient (Wildman–Crippen LogP) is 2.28. The van der Waals surface area contributed by atoms with E-state index in [0.717, 1.165) is 22.7 Å². The fourth-order valence-electron chi connectivity index (χ4n) is 1.52. The van der Waals surface area contributed by atoms with Gasteiger partial charge in [0.25, 0.3) is 0 Å². The lowest BCUT2D eigenvalue weighted by atomic mass is 10.1. The molecule has 0 saturated carbocycles. The number of benzene rings is 1. The molecule has 15 heavy (non-hydrogen) atoms. The molecule has 0 unspecified atom stereocenters. The number of anilines is 1. The monoisotopic (exact) mass is 202 g/mol. The Labute approximate surface area is 89.1 Å². The predicted molar refractivity (Wildman–Crippen MR) is 61.8 cm³/mol. The lowest BCUT2D eigenvalue weighted by molar-refractivity contribution is 0.415. The second-order valence-electron chi connectivity index (χ2n) is 3.49. The number of hydrogen-bond acceptors (Lipinski definition) is 2. The summed E-state index contributed by atoms with van der Waals surface area (Å²) in [6.45, 7) is 0. The van der Waals surface area contributed by atoms with E-state index in [2.05, 4.69) is 0 Å². The van der Waals surface area contributed by atoms with Crippen molar-refractivity contribution in [3.63, 3.8) is 0 Å². The van der Waals surface area contributed by atoms with E-state index in [9.17, 15) is 0 Å². The van der Waals surface area contributed by atoms with E-state index in [-0.39, 0.29) is 0 Å². The molecule has 2 N–H and O–H groups in total. The SMILES string of the molecule is COc1ccc(-c2cc(N)n(C)c2)cc1. The number of hydrogen-bond donors (Lipinski definition) is 1. The van der Waals surface area contributed by atoms with Gasteiger partial charge in [-0.1, -0.05) is 12.1 Å². The molecule has 0 radical (unpaired) electrons. The van der Waals surface area contributed by atoms with Gasteiger partial charge in [0.05, 0.1) is 7.11 Å². The van der Waals surface area contributed by atoms with E-state index in [0.29, 0.717) is 0 Å². The molecule has 0 saturated heterocycles. The quantitative estimate of drug-likeness (QED) is 0.811. The van der Waals surface area contributed by atoms with Crippen molar-refractivity contribution >= 4 is 5.82 Å². The van der Waals surface area contributed by atoms with Crippen LogP contribution in [0.3, 0.4) is 0 Å². The number of ether oxygens (including phenoxy) is 1. The summed E-state index contributed by atoms with van der Waals surface area (Å²) in [6, 6.07) is 9.89. The van der Waals surface area contributed by atoms with Crippen LogP contribution in [0.5, 0.6) is 5.75 Å². The molecule has 2 rings (SSSR count). The van der Waals surface area contributed by atoms with Gasteiger partial charge < -0.3 is 15.0 Å². The highest BCUT2D eigenvalue weighted by Crippen LogP contribution is 2.24. The van der Waals surface area contributed by atoms with E-state index in [1.54, 1.807) is 7.11 Å². The largest absolute Gasteiger partial charge is 0.497 e. The van der Waals surface area contributed by atoms with Crippen LogP contribution in [0.4, 0.5) is 5.82 Å².